The molecule has 2 rings (SSSR count). The average molecular weight is 344 g/mol. The fourth-order valence-electron chi connectivity index (χ4n) is 2.29. The number of hydrogen-bond donors (Lipinski definition) is 0. The van der Waals surface area contributed by atoms with Crippen LogP contribution in [0.4, 0.5) is 22.0 Å². The van der Waals surface area contributed by atoms with Crippen LogP contribution in [0.2, 0.25) is 0 Å². The maximum atomic E-state index is 13.6. The molecule has 0 heterocycles. The Bertz CT molecular complexity index is 730. The number of hydrogen-bond acceptors (Lipinski definition) is 2. The molecule has 0 saturated carbocycles. The first-order chi connectivity index (χ1) is 11.3. The van der Waals surface area contributed by atoms with Gasteiger partial charge in [0.05, 0.1) is 5.92 Å². The number of rotatable bonds is 4. The molecule has 0 aliphatic heterocycles. The van der Waals surface area contributed by atoms with Gasteiger partial charge < -0.3 is 4.74 Å². The van der Waals surface area contributed by atoms with Gasteiger partial charge in [-0.05, 0) is 11.5 Å². The fraction of sp³-hybridized carbons (Fsp3) is 0.235. The van der Waals surface area contributed by atoms with Crippen molar-refractivity contribution in [2.45, 2.75) is 19.8 Å². The molecule has 2 aromatic rings. The van der Waals surface area contributed by atoms with Crippen LogP contribution in [0.25, 0.3) is 0 Å². The Hall–Kier alpha value is -2.44. The second-order valence-electron chi connectivity index (χ2n) is 5.45. The van der Waals surface area contributed by atoms with Crippen LogP contribution in [-0.2, 0) is 4.79 Å². The van der Waals surface area contributed by atoms with Crippen LogP contribution in [0.5, 0.6) is 5.75 Å². The van der Waals surface area contributed by atoms with Crippen LogP contribution in [-0.4, -0.2) is 5.97 Å². The lowest BCUT2D eigenvalue weighted by molar-refractivity contribution is -0.137. The largest absolute Gasteiger partial charge is 0.420 e. The number of halogens is 5. The van der Waals surface area contributed by atoms with E-state index in [1.807, 2.05) is 0 Å². The van der Waals surface area contributed by atoms with Gasteiger partial charge in [0.15, 0.2) is 0 Å². The van der Waals surface area contributed by atoms with E-state index in [1.54, 1.807) is 44.2 Å². The monoisotopic (exact) mass is 344 g/mol. The second-order valence-corrected chi connectivity index (χ2v) is 5.45. The number of carbonyl (C=O) groups excluding carboxylic acids is 1. The maximum Gasteiger partial charge on any atom is 0.319 e. The molecule has 0 aromatic heterocycles. The first kappa shape index (κ1) is 17.9. The third kappa shape index (κ3) is 3.25. The first-order valence-electron chi connectivity index (χ1n) is 7.03. The van der Waals surface area contributed by atoms with Gasteiger partial charge in [-0.15, -0.1) is 0 Å². The lowest BCUT2D eigenvalue weighted by Gasteiger charge is -2.20. The predicted molar refractivity (Wildman–Crippen MR) is 75.9 cm³/mol. The molecule has 7 heteroatoms. The zero-order valence-electron chi connectivity index (χ0n) is 12.7. The Morgan fingerprint density at radius 1 is 0.833 bits per heavy atom. The van der Waals surface area contributed by atoms with Gasteiger partial charge >= 0.3 is 5.97 Å². The van der Waals surface area contributed by atoms with Crippen molar-refractivity contribution in [3.8, 4) is 5.75 Å². The second kappa shape index (κ2) is 6.98. The summed E-state index contributed by atoms with van der Waals surface area (Å²) >= 11 is 0. The Balaban J connectivity index is 2.42. The highest BCUT2D eigenvalue weighted by molar-refractivity contribution is 5.80. The molecule has 2 nitrogen and oxygen atoms in total. The van der Waals surface area contributed by atoms with E-state index in [9.17, 15) is 26.7 Å². The molecule has 0 bridgehead atoms. The van der Waals surface area contributed by atoms with Crippen LogP contribution < -0.4 is 4.74 Å². The molecule has 0 radical (unpaired) electrons. The molecular formula is C17H13F5O2. The Morgan fingerprint density at radius 2 is 1.29 bits per heavy atom. The number of carbonyl (C=O) groups is 1. The molecule has 24 heavy (non-hydrogen) atoms. The summed E-state index contributed by atoms with van der Waals surface area (Å²) in [5.41, 5.74) is 0.501. The van der Waals surface area contributed by atoms with Crippen molar-refractivity contribution in [2.75, 3.05) is 0 Å². The summed E-state index contributed by atoms with van der Waals surface area (Å²) in [4.78, 5) is 12.3. The van der Waals surface area contributed by atoms with Crippen molar-refractivity contribution in [1.29, 1.82) is 0 Å². The third-order valence-corrected chi connectivity index (χ3v) is 3.45. The summed E-state index contributed by atoms with van der Waals surface area (Å²) in [7, 11) is 0. The Kier molecular flexibility index (Phi) is 5.21. The zero-order valence-corrected chi connectivity index (χ0v) is 12.7. The van der Waals surface area contributed by atoms with Crippen molar-refractivity contribution in [1.82, 2.24) is 0 Å². The van der Waals surface area contributed by atoms with E-state index in [2.05, 4.69) is 4.74 Å². The van der Waals surface area contributed by atoms with E-state index in [1.165, 1.54) is 0 Å². The van der Waals surface area contributed by atoms with E-state index >= 15 is 0 Å². The molecule has 0 saturated heterocycles. The molecule has 1 atom stereocenters. The van der Waals surface area contributed by atoms with Crippen LogP contribution in [0.1, 0.15) is 25.3 Å². The minimum absolute atomic E-state index is 0.332. The zero-order chi connectivity index (χ0) is 18.0. The summed E-state index contributed by atoms with van der Waals surface area (Å²) in [6.07, 6.45) is 0. The van der Waals surface area contributed by atoms with E-state index in [4.69, 9.17) is 0 Å². The van der Waals surface area contributed by atoms with E-state index < -0.39 is 46.7 Å². The van der Waals surface area contributed by atoms with Gasteiger partial charge in [-0.3, -0.25) is 4.79 Å². The highest BCUT2D eigenvalue weighted by Crippen LogP contribution is 2.32. The third-order valence-electron chi connectivity index (χ3n) is 3.45. The highest BCUT2D eigenvalue weighted by Gasteiger charge is 2.32. The van der Waals surface area contributed by atoms with Crippen molar-refractivity contribution in [3.63, 3.8) is 0 Å². The molecule has 0 aliphatic carbocycles. The maximum absolute atomic E-state index is 13.6. The van der Waals surface area contributed by atoms with Crippen LogP contribution in [0, 0.1) is 35.0 Å². The molecule has 0 spiro atoms. The minimum atomic E-state index is -2.31. The summed E-state index contributed by atoms with van der Waals surface area (Å²) < 4.78 is 71.2. The Morgan fingerprint density at radius 3 is 1.75 bits per heavy atom. The summed E-state index contributed by atoms with van der Waals surface area (Å²) in [5, 5.41) is 0. The van der Waals surface area contributed by atoms with Gasteiger partial charge in [0, 0.05) is 0 Å². The molecule has 0 unspecified atom stereocenters. The molecule has 0 amide bonds. The van der Waals surface area contributed by atoms with E-state index in [0.29, 0.717) is 5.56 Å². The number of esters is 1. The van der Waals surface area contributed by atoms with Crippen molar-refractivity contribution in [3.05, 3.63) is 65.0 Å². The summed E-state index contributed by atoms with van der Waals surface area (Å²) in [6.45, 7) is 3.33. The minimum Gasteiger partial charge on any atom is -0.420 e. The molecule has 128 valence electrons. The van der Waals surface area contributed by atoms with Crippen molar-refractivity contribution in [2.24, 2.45) is 5.92 Å². The van der Waals surface area contributed by atoms with E-state index in [-0.39, 0.29) is 5.92 Å². The summed E-state index contributed by atoms with van der Waals surface area (Å²) in [5.74, 6) is -15.0. The van der Waals surface area contributed by atoms with Gasteiger partial charge in [0.1, 0.15) is 0 Å². The highest BCUT2D eigenvalue weighted by atomic mass is 19.2. The quantitative estimate of drug-likeness (QED) is 0.264. The topological polar surface area (TPSA) is 26.3 Å². The molecular weight excluding hydrogens is 331 g/mol. The van der Waals surface area contributed by atoms with Gasteiger partial charge in [0.25, 0.3) is 0 Å². The normalized spacial score (nSPS) is 12.3. The molecule has 0 aliphatic rings. The standard InChI is InChI=1S/C17H13F5O2/c1-8(2)10(9-6-4-3-5-7-9)17(23)24-16-14(21)12(19)11(18)13(20)15(16)22/h3-8,10H,1-2H3/t10-/m0/s1. The van der Waals surface area contributed by atoms with Gasteiger partial charge in [-0.1, -0.05) is 44.2 Å². The smallest absolute Gasteiger partial charge is 0.319 e. The van der Waals surface area contributed by atoms with Gasteiger partial charge in [-0.25, -0.2) is 13.2 Å². The van der Waals surface area contributed by atoms with Gasteiger partial charge in [0.2, 0.25) is 34.8 Å². The lowest BCUT2D eigenvalue weighted by Crippen LogP contribution is -2.24. The average Bonchev–Trinajstić information content (AvgIpc) is 2.56. The first-order valence-corrected chi connectivity index (χ1v) is 7.03. The SMILES string of the molecule is CC(C)[C@H](C(=O)Oc1c(F)c(F)c(F)c(F)c1F)c1ccccc1. The Labute approximate surface area is 134 Å². The van der Waals surface area contributed by atoms with Crippen LogP contribution in [0.3, 0.4) is 0 Å². The van der Waals surface area contributed by atoms with Crippen molar-refractivity contribution < 1.29 is 31.5 Å². The summed E-state index contributed by atoms with van der Waals surface area (Å²) in [6, 6.07) is 8.21. The molecule has 2 aromatic carbocycles. The fourth-order valence-corrected chi connectivity index (χ4v) is 2.29. The molecule has 0 N–H and O–H groups in total. The number of benzene rings is 2. The predicted octanol–water partition coefficient (Wildman–Crippen LogP) is 4.73. The van der Waals surface area contributed by atoms with Crippen LogP contribution >= 0.6 is 0 Å². The van der Waals surface area contributed by atoms with Crippen LogP contribution in [0.15, 0.2) is 30.3 Å². The number of ether oxygens (including phenoxy) is 1. The van der Waals surface area contributed by atoms with Gasteiger partial charge in [-0.2, -0.15) is 8.78 Å². The molecule has 0 fully saturated rings. The lowest BCUT2D eigenvalue weighted by atomic mass is 9.88. The van der Waals surface area contributed by atoms with E-state index in [0.717, 1.165) is 0 Å². The van der Waals surface area contributed by atoms with Crippen molar-refractivity contribution >= 4 is 5.97 Å².